The van der Waals surface area contributed by atoms with Crippen LogP contribution < -0.4 is 5.32 Å². The van der Waals surface area contributed by atoms with Crippen LogP contribution in [0.1, 0.15) is 83.4 Å². The number of hydrogen-bond acceptors (Lipinski definition) is 3. The highest BCUT2D eigenvalue weighted by atomic mass is 16.5. The Kier molecular flexibility index (Phi) is 9.68. The van der Waals surface area contributed by atoms with Crippen LogP contribution >= 0.6 is 0 Å². The number of nitrogens with one attached hydrogen (secondary N) is 1. The summed E-state index contributed by atoms with van der Waals surface area (Å²) in [4.78, 5) is 17.0. The zero-order valence-electron chi connectivity index (χ0n) is 18.7. The number of rotatable bonds is 14. The minimum atomic E-state index is -0.259. The molecule has 1 aliphatic rings. The Morgan fingerprint density at radius 2 is 1.83 bits per heavy atom. The molecule has 0 saturated carbocycles. The molecule has 5 heteroatoms. The topological polar surface area (TPSA) is 56.2 Å². The van der Waals surface area contributed by atoms with Crippen molar-refractivity contribution < 1.29 is 9.53 Å². The number of fused-ring (bicyclic) bond motifs is 1. The fourth-order valence-corrected chi connectivity index (χ4v) is 4.34. The van der Waals surface area contributed by atoms with Gasteiger partial charge in [0, 0.05) is 26.1 Å². The van der Waals surface area contributed by atoms with Gasteiger partial charge in [-0.25, -0.2) is 4.98 Å². The van der Waals surface area contributed by atoms with Crippen LogP contribution in [0.4, 0.5) is 0 Å². The van der Waals surface area contributed by atoms with Crippen molar-refractivity contribution in [1.82, 2.24) is 14.9 Å². The van der Waals surface area contributed by atoms with Crippen LogP contribution in [0.5, 0.6) is 0 Å². The Hall–Kier alpha value is -1.88. The second-order valence-electron chi connectivity index (χ2n) is 8.54. The molecule has 166 valence electrons. The molecule has 5 nitrogen and oxygen atoms in total. The third kappa shape index (κ3) is 6.83. The fourth-order valence-electron chi connectivity index (χ4n) is 4.34. The maximum absolute atomic E-state index is 12.2. The summed E-state index contributed by atoms with van der Waals surface area (Å²) in [6, 6.07) is 8.36. The number of imidazole rings is 1. The molecule has 1 aliphatic heterocycles. The van der Waals surface area contributed by atoms with Crippen LogP contribution in [0.2, 0.25) is 0 Å². The maximum atomic E-state index is 12.2. The summed E-state index contributed by atoms with van der Waals surface area (Å²) in [5, 5.41) is 3.03. The van der Waals surface area contributed by atoms with E-state index in [9.17, 15) is 4.79 Å². The largest absolute Gasteiger partial charge is 0.368 e. The molecule has 1 fully saturated rings. The second kappa shape index (κ2) is 12.7. The smallest absolute Gasteiger partial charge is 0.249 e. The van der Waals surface area contributed by atoms with Crippen LogP contribution in [0.15, 0.2) is 24.3 Å². The summed E-state index contributed by atoms with van der Waals surface area (Å²) in [5.74, 6) is 1.09. The van der Waals surface area contributed by atoms with E-state index in [4.69, 9.17) is 9.72 Å². The fraction of sp³-hybridized carbons (Fsp3) is 0.680. The zero-order valence-corrected chi connectivity index (χ0v) is 18.7. The molecule has 0 radical (unpaired) electrons. The molecule has 1 saturated heterocycles. The van der Waals surface area contributed by atoms with Crippen LogP contribution in [0.25, 0.3) is 11.0 Å². The molecule has 0 spiro atoms. The molecule has 1 atom stereocenters. The standard InChI is InChI=1S/C25H39N3O2/c1-2-3-4-5-6-7-8-9-12-19-28-22-15-11-10-14-21(22)27-24(28)17-18-26-25(29)23-16-13-20-30-23/h10-11,14-15,23H,2-9,12-13,16-20H2,1H3,(H,26,29). The van der Waals surface area contributed by atoms with Gasteiger partial charge in [-0.05, 0) is 31.4 Å². The van der Waals surface area contributed by atoms with E-state index in [-0.39, 0.29) is 12.0 Å². The summed E-state index contributed by atoms with van der Waals surface area (Å²) < 4.78 is 7.82. The number of unbranched alkanes of at least 4 members (excludes halogenated alkanes) is 8. The van der Waals surface area contributed by atoms with Crippen molar-refractivity contribution in [2.75, 3.05) is 13.2 Å². The Labute approximate surface area is 181 Å². The minimum Gasteiger partial charge on any atom is -0.368 e. The lowest BCUT2D eigenvalue weighted by molar-refractivity contribution is -0.130. The quantitative estimate of drug-likeness (QED) is 0.422. The SMILES string of the molecule is CCCCCCCCCCCn1c(CCNC(=O)C2CCCO2)nc2ccccc21. The second-order valence-corrected chi connectivity index (χ2v) is 8.54. The van der Waals surface area contributed by atoms with E-state index in [1.165, 1.54) is 63.3 Å². The van der Waals surface area contributed by atoms with Gasteiger partial charge >= 0.3 is 0 Å². The number of carbonyl (C=O) groups is 1. The van der Waals surface area contributed by atoms with Crippen LogP contribution in [-0.2, 0) is 22.5 Å². The van der Waals surface area contributed by atoms with Gasteiger partial charge < -0.3 is 14.6 Å². The van der Waals surface area contributed by atoms with Crippen molar-refractivity contribution in [2.24, 2.45) is 0 Å². The van der Waals surface area contributed by atoms with Crippen LogP contribution in [0, 0.1) is 0 Å². The number of para-hydroxylation sites is 2. The number of hydrogen-bond donors (Lipinski definition) is 1. The zero-order chi connectivity index (χ0) is 21.0. The predicted molar refractivity (Wildman–Crippen MR) is 123 cm³/mol. The van der Waals surface area contributed by atoms with E-state index in [2.05, 4.69) is 35.0 Å². The Balaban J connectivity index is 1.45. The third-order valence-corrected chi connectivity index (χ3v) is 6.09. The van der Waals surface area contributed by atoms with Crippen molar-refractivity contribution in [3.63, 3.8) is 0 Å². The summed E-state index contributed by atoms with van der Waals surface area (Å²) in [6.45, 7) is 4.59. The molecule has 1 unspecified atom stereocenters. The molecule has 0 bridgehead atoms. The summed E-state index contributed by atoms with van der Waals surface area (Å²) >= 11 is 0. The first kappa shape index (κ1) is 22.8. The third-order valence-electron chi connectivity index (χ3n) is 6.09. The number of amides is 1. The molecule has 1 aromatic carbocycles. The first-order valence-electron chi connectivity index (χ1n) is 12.1. The molecule has 2 aromatic rings. The van der Waals surface area contributed by atoms with Gasteiger partial charge in [-0.3, -0.25) is 4.79 Å². The lowest BCUT2D eigenvalue weighted by Crippen LogP contribution is -2.35. The van der Waals surface area contributed by atoms with E-state index in [0.29, 0.717) is 13.2 Å². The van der Waals surface area contributed by atoms with Gasteiger partial charge in [0.15, 0.2) is 0 Å². The molecule has 30 heavy (non-hydrogen) atoms. The summed E-state index contributed by atoms with van der Waals surface area (Å²) in [5.41, 5.74) is 2.26. The van der Waals surface area contributed by atoms with Gasteiger partial charge in [0.1, 0.15) is 11.9 Å². The Morgan fingerprint density at radius 3 is 2.57 bits per heavy atom. The van der Waals surface area contributed by atoms with Gasteiger partial charge in [-0.1, -0.05) is 70.4 Å². The molecular weight excluding hydrogens is 374 g/mol. The van der Waals surface area contributed by atoms with Crippen LogP contribution in [0.3, 0.4) is 0 Å². The maximum Gasteiger partial charge on any atom is 0.249 e. The van der Waals surface area contributed by atoms with Gasteiger partial charge in [-0.2, -0.15) is 0 Å². The first-order valence-corrected chi connectivity index (χ1v) is 12.1. The van der Waals surface area contributed by atoms with Gasteiger partial charge in [0.25, 0.3) is 0 Å². The van der Waals surface area contributed by atoms with Gasteiger partial charge in [0.2, 0.25) is 5.91 Å². The Bertz CT molecular complexity index is 765. The minimum absolute atomic E-state index is 0.0223. The van der Waals surface area contributed by atoms with Gasteiger partial charge in [0.05, 0.1) is 11.0 Å². The van der Waals surface area contributed by atoms with Crippen molar-refractivity contribution in [2.45, 2.75) is 96.6 Å². The number of carbonyl (C=O) groups excluding carboxylic acids is 1. The molecular formula is C25H39N3O2. The number of ether oxygens (including phenoxy) is 1. The first-order chi connectivity index (χ1) is 14.8. The average molecular weight is 414 g/mol. The normalized spacial score (nSPS) is 16.4. The van der Waals surface area contributed by atoms with Crippen molar-refractivity contribution in [3.05, 3.63) is 30.1 Å². The molecule has 1 N–H and O–H groups in total. The molecule has 0 aliphatic carbocycles. The lowest BCUT2D eigenvalue weighted by atomic mass is 10.1. The van der Waals surface area contributed by atoms with Crippen molar-refractivity contribution in [3.8, 4) is 0 Å². The number of benzene rings is 1. The highest BCUT2D eigenvalue weighted by Crippen LogP contribution is 2.18. The highest BCUT2D eigenvalue weighted by molar-refractivity contribution is 5.81. The average Bonchev–Trinajstić information content (AvgIpc) is 3.41. The monoisotopic (exact) mass is 413 g/mol. The molecule has 1 aromatic heterocycles. The molecule has 3 rings (SSSR count). The predicted octanol–water partition coefficient (Wildman–Crippen LogP) is 5.40. The van der Waals surface area contributed by atoms with E-state index in [0.717, 1.165) is 37.1 Å². The molecule has 1 amide bonds. The number of nitrogens with zero attached hydrogens (tertiary/aromatic N) is 2. The summed E-state index contributed by atoms with van der Waals surface area (Å²) in [7, 11) is 0. The molecule has 2 heterocycles. The van der Waals surface area contributed by atoms with Gasteiger partial charge in [-0.15, -0.1) is 0 Å². The Morgan fingerprint density at radius 1 is 1.10 bits per heavy atom. The highest BCUT2D eigenvalue weighted by Gasteiger charge is 2.23. The van der Waals surface area contributed by atoms with E-state index < -0.39 is 0 Å². The van der Waals surface area contributed by atoms with Crippen molar-refractivity contribution >= 4 is 16.9 Å². The van der Waals surface area contributed by atoms with E-state index in [1.807, 2.05) is 6.07 Å². The number of aromatic nitrogens is 2. The summed E-state index contributed by atoms with van der Waals surface area (Å²) in [6.07, 6.45) is 14.3. The van der Waals surface area contributed by atoms with E-state index >= 15 is 0 Å². The lowest BCUT2D eigenvalue weighted by Gasteiger charge is -2.12. The van der Waals surface area contributed by atoms with E-state index in [1.54, 1.807) is 0 Å². The van der Waals surface area contributed by atoms with Crippen LogP contribution in [-0.4, -0.2) is 34.7 Å². The van der Waals surface area contributed by atoms with Crippen molar-refractivity contribution in [1.29, 1.82) is 0 Å². The number of aryl methyl sites for hydroxylation is 1.